The van der Waals surface area contributed by atoms with Gasteiger partial charge in [0.15, 0.2) is 0 Å². The molecule has 0 aliphatic carbocycles. The molecule has 1 amide bonds. The van der Waals surface area contributed by atoms with Crippen LogP contribution in [0.1, 0.15) is 5.69 Å². The van der Waals surface area contributed by atoms with E-state index in [4.69, 9.17) is 23.2 Å². The first kappa shape index (κ1) is 18.7. The van der Waals surface area contributed by atoms with Gasteiger partial charge in [-0.1, -0.05) is 29.8 Å². The van der Waals surface area contributed by atoms with E-state index in [0.29, 0.717) is 21.8 Å². The minimum atomic E-state index is -0.0239. The maximum absolute atomic E-state index is 11.6. The van der Waals surface area contributed by atoms with Crippen molar-refractivity contribution in [3.05, 3.63) is 65.2 Å². The Labute approximate surface area is 172 Å². The second kappa shape index (κ2) is 7.73. The molecule has 8 heteroatoms. The van der Waals surface area contributed by atoms with E-state index in [1.54, 1.807) is 23.2 Å². The number of rotatable bonds is 5. The number of hydrogen-bond donors (Lipinski definition) is 1. The van der Waals surface area contributed by atoms with Gasteiger partial charge in [0.25, 0.3) is 0 Å². The molecule has 1 aliphatic rings. The van der Waals surface area contributed by atoms with Gasteiger partial charge in [0.05, 0.1) is 21.8 Å². The number of anilines is 2. The molecule has 1 aliphatic heterocycles. The van der Waals surface area contributed by atoms with Crippen molar-refractivity contribution in [3.8, 4) is 0 Å². The Bertz CT molecular complexity index is 1070. The number of nitrogens with zero attached hydrogens (tertiary/aromatic N) is 4. The summed E-state index contributed by atoms with van der Waals surface area (Å²) in [7, 11) is 0. The molecule has 0 bridgehead atoms. The molecule has 1 N–H and O–H groups in total. The number of amides is 1. The first-order valence-electron chi connectivity index (χ1n) is 8.76. The van der Waals surface area contributed by atoms with E-state index in [9.17, 15) is 4.79 Å². The van der Waals surface area contributed by atoms with Crippen molar-refractivity contribution < 1.29 is 4.79 Å². The van der Waals surface area contributed by atoms with E-state index >= 15 is 0 Å². The lowest BCUT2D eigenvalue weighted by Gasteiger charge is -2.38. The fourth-order valence-corrected chi connectivity index (χ4v) is 3.53. The third-order valence-electron chi connectivity index (χ3n) is 4.70. The number of halogens is 2. The average molecular weight is 414 g/mol. The van der Waals surface area contributed by atoms with E-state index in [-0.39, 0.29) is 5.91 Å². The van der Waals surface area contributed by atoms with Crippen LogP contribution in [0.4, 0.5) is 11.5 Å². The number of carbonyl (C=O) groups excluding carboxylic acids is 1. The van der Waals surface area contributed by atoms with Gasteiger partial charge in [-0.3, -0.25) is 9.78 Å². The summed E-state index contributed by atoms with van der Waals surface area (Å²) in [6.45, 7) is 4.97. The largest absolute Gasteiger partial charge is 0.340 e. The highest BCUT2D eigenvalue weighted by Gasteiger charge is 2.29. The first-order valence-corrected chi connectivity index (χ1v) is 9.52. The molecule has 142 valence electrons. The summed E-state index contributed by atoms with van der Waals surface area (Å²) in [4.78, 5) is 26.5. The lowest BCUT2D eigenvalue weighted by atomic mass is 9.94. The Morgan fingerprint density at radius 2 is 2.04 bits per heavy atom. The molecule has 4 rings (SSSR count). The van der Waals surface area contributed by atoms with Crippen LogP contribution in [-0.4, -0.2) is 38.8 Å². The third-order valence-corrected chi connectivity index (χ3v) is 5.44. The van der Waals surface area contributed by atoms with Crippen molar-refractivity contribution in [1.29, 1.82) is 0 Å². The topological polar surface area (TPSA) is 71.0 Å². The quantitative estimate of drug-likeness (QED) is 0.632. The number of fused-ring (bicyclic) bond motifs is 1. The van der Waals surface area contributed by atoms with Gasteiger partial charge in [-0.05, 0) is 42.7 Å². The molecule has 1 aromatic carbocycles. The number of hydrogen-bond acceptors (Lipinski definition) is 5. The lowest BCUT2D eigenvalue weighted by Crippen LogP contribution is -2.50. The molecule has 2 aromatic heterocycles. The van der Waals surface area contributed by atoms with Gasteiger partial charge in [0.2, 0.25) is 5.91 Å². The van der Waals surface area contributed by atoms with Crippen molar-refractivity contribution in [2.75, 3.05) is 18.4 Å². The number of carbonyl (C=O) groups is 1. The van der Waals surface area contributed by atoms with Crippen molar-refractivity contribution in [3.63, 3.8) is 0 Å². The standard InChI is InChI=1S/C20H17Cl2N5O/c1-2-19(28)27-9-12(10-27)5-14-6-15-18(8-23-14)24-11-25-20(15)26-13-3-4-16(21)17(22)7-13/h2-4,6-8,11-12H,1,5,9-10H2,(H,24,25,26). The predicted octanol–water partition coefficient (Wildman–Crippen LogP) is 4.26. The summed E-state index contributed by atoms with van der Waals surface area (Å²) in [5.41, 5.74) is 2.47. The second-order valence-corrected chi connectivity index (χ2v) is 7.50. The molecule has 0 radical (unpaired) electrons. The van der Waals surface area contributed by atoms with Crippen LogP contribution >= 0.6 is 23.2 Å². The van der Waals surface area contributed by atoms with Crippen molar-refractivity contribution in [2.45, 2.75) is 6.42 Å². The highest BCUT2D eigenvalue weighted by atomic mass is 35.5. The number of pyridine rings is 1. The molecule has 0 saturated carbocycles. The molecule has 3 aromatic rings. The summed E-state index contributed by atoms with van der Waals surface area (Å²) in [6.07, 6.45) is 5.38. The van der Waals surface area contributed by atoms with Crippen LogP contribution in [0.15, 0.2) is 49.4 Å². The minimum Gasteiger partial charge on any atom is -0.340 e. The molecular weight excluding hydrogens is 397 g/mol. The monoisotopic (exact) mass is 413 g/mol. The second-order valence-electron chi connectivity index (χ2n) is 6.69. The van der Waals surface area contributed by atoms with E-state index in [0.717, 1.165) is 41.8 Å². The average Bonchev–Trinajstić information content (AvgIpc) is 2.67. The first-order chi connectivity index (χ1) is 13.5. The summed E-state index contributed by atoms with van der Waals surface area (Å²) < 4.78 is 0. The Kier molecular flexibility index (Phi) is 5.15. The number of nitrogens with one attached hydrogen (secondary N) is 1. The van der Waals surface area contributed by atoms with Gasteiger partial charge in [0, 0.05) is 29.9 Å². The van der Waals surface area contributed by atoms with Crippen LogP contribution in [-0.2, 0) is 11.2 Å². The van der Waals surface area contributed by atoms with E-state index in [1.807, 2.05) is 12.1 Å². The van der Waals surface area contributed by atoms with Crippen molar-refractivity contribution >= 4 is 51.5 Å². The van der Waals surface area contributed by atoms with Gasteiger partial charge >= 0.3 is 0 Å². The van der Waals surface area contributed by atoms with Crippen LogP contribution in [0.3, 0.4) is 0 Å². The Morgan fingerprint density at radius 1 is 1.21 bits per heavy atom. The molecule has 1 saturated heterocycles. The van der Waals surface area contributed by atoms with Gasteiger partial charge in [-0.2, -0.15) is 0 Å². The Morgan fingerprint density at radius 3 is 2.79 bits per heavy atom. The Hall–Kier alpha value is -2.70. The van der Waals surface area contributed by atoms with Crippen LogP contribution in [0.5, 0.6) is 0 Å². The van der Waals surface area contributed by atoms with Crippen molar-refractivity contribution in [2.24, 2.45) is 5.92 Å². The molecule has 28 heavy (non-hydrogen) atoms. The summed E-state index contributed by atoms with van der Waals surface area (Å²) in [5, 5.41) is 5.10. The maximum Gasteiger partial charge on any atom is 0.245 e. The van der Waals surface area contributed by atoms with Gasteiger partial charge in [-0.25, -0.2) is 9.97 Å². The normalized spacial score (nSPS) is 14.0. The molecule has 6 nitrogen and oxygen atoms in total. The Balaban J connectivity index is 1.55. The van der Waals surface area contributed by atoms with Crippen LogP contribution in [0, 0.1) is 5.92 Å². The minimum absolute atomic E-state index is 0.0239. The molecular formula is C20H17Cl2N5O. The number of benzene rings is 1. The fourth-order valence-electron chi connectivity index (χ4n) is 3.23. The van der Waals surface area contributed by atoms with Gasteiger partial charge < -0.3 is 10.2 Å². The van der Waals surface area contributed by atoms with E-state index < -0.39 is 0 Å². The van der Waals surface area contributed by atoms with Gasteiger partial charge in [-0.15, -0.1) is 0 Å². The zero-order chi connectivity index (χ0) is 19.7. The molecule has 1 fully saturated rings. The molecule has 3 heterocycles. The fraction of sp³-hybridized carbons (Fsp3) is 0.200. The van der Waals surface area contributed by atoms with E-state index in [2.05, 4.69) is 26.8 Å². The SMILES string of the molecule is C=CC(=O)N1CC(Cc2cc3c(Nc4ccc(Cl)c(Cl)c4)ncnc3cn2)C1. The summed E-state index contributed by atoms with van der Waals surface area (Å²) >= 11 is 12.1. The van der Waals surface area contributed by atoms with E-state index in [1.165, 1.54) is 12.4 Å². The molecule has 0 atom stereocenters. The maximum atomic E-state index is 11.6. The molecule has 0 unspecified atom stereocenters. The van der Waals surface area contributed by atoms with Crippen molar-refractivity contribution in [1.82, 2.24) is 19.9 Å². The zero-order valence-corrected chi connectivity index (χ0v) is 16.4. The summed E-state index contributed by atoms with van der Waals surface area (Å²) in [6, 6.07) is 7.31. The number of likely N-dealkylation sites (tertiary alicyclic amines) is 1. The highest BCUT2D eigenvalue weighted by molar-refractivity contribution is 6.42. The lowest BCUT2D eigenvalue weighted by molar-refractivity contribution is -0.132. The number of aromatic nitrogens is 3. The third kappa shape index (κ3) is 3.79. The summed E-state index contributed by atoms with van der Waals surface area (Å²) in [5.74, 6) is 1.04. The van der Waals surface area contributed by atoms with Crippen LogP contribution in [0.25, 0.3) is 10.9 Å². The zero-order valence-electron chi connectivity index (χ0n) is 14.9. The van der Waals surface area contributed by atoms with Crippen LogP contribution < -0.4 is 5.32 Å². The molecule has 0 spiro atoms. The predicted molar refractivity (Wildman–Crippen MR) is 111 cm³/mol. The highest BCUT2D eigenvalue weighted by Crippen LogP contribution is 2.29. The smallest absolute Gasteiger partial charge is 0.245 e. The van der Waals surface area contributed by atoms with Crippen LogP contribution in [0.2, 0.25) is 10.0 Å². The van der Waals surface area contributed by atoms with Gasteiger partial charge in [0.1, 0.15) is 12.1 Å².